The van der Waals surface area contributed by atoms with Gasteiger partial charge in [0.05, 0.1) is 8.22 Å². The third-order valence-electron chi connectivity index (χ3n) is 0.293. The summed E-state index contributed by atoms with van der Waals surface area (Å²) in [5, 5.41) is 0. The molecule has 0 aliphatic rings. The van der Waals surface area contributed by atoms with Crippen LogP contribution in [0.25, 0.3) is 0 Å². The molecule has 0 fully saturated rings. The summed E-state index contributed by atoms with van der Waals surface area (Å²) in [6.45, 7) is 0. The lowest BCUT2D eigenvalue weighted by atomic mass is 11.8. The second-order valence-electron chi connectivity index (χ2n) is 0.875. The summed E-state index contributed by atoms with van der Waals surface area (Å²) in [6, 6.07) is 0. The van der Waals surface area contributed by atoms with Gasteiger partial charge in [-0.25, -0.2) is 0 Å². The molecule has 0 aromatic heterocycles. The van der Waals surface area contributed by atoms with E-state index in [0.29, 0.717) is 0 Å². The minimum absolute atomic E-state index is 1.45. The van der Waals surface area contributed by atoms with E-state index in [0.717, 1.165) is 0 Å². The third kappa shape index (κ3) is 3.77. The topological polar surface area (TPSA) is 52.0 Å². The molecule has 0 aliphatic carbocycles. The summed E-state index contributed by atoms with van der Waals surface area (Å²) in [7, 11) is -1.45. The van der Waals surface area contributed by atoms with Crippen LogP contribution in [0.5, 0.6) is 0 Å². The molecule has 0 bridgehead atoms. The standard InChI is InChI=1S/CH4Cl3N2P/c2-1(3,4)7(5)6/h5-6H2. The average Bonchev–Trinajstić information content (AvgIpc) is 1.31. The van der Waals surface area contributed by atoms with Crippen molar-refractivity contribution in [3.05, 3.63) is 0 Å². The van der Waals surface area contributed by atoms with Crippen LogP contribution in [0.3, 0.4) is 0 Å². The molecular weight excluding hydrogens is 177 g/mol. The van der Waals surface area contributed by atoms with E-state index in [-0.39, 0.29) is 0 Å². The van der Waals surface area contributed by atoms with E-state index in [2.05, 4.69) is 0 Å². The Hall–Kier alpha value is 1.22. The van der Waals surface area contributed by atoms with Gasteiger partial charge in [-0.1, -0.05) is 34.8 Å². The Labute approximate surface area is 57.9 Å². The van der Waals surface area contributed by atoms with Crippen molar-refractivity contribution in [2.75, 3.05) is 0 Å². The van der Waals surface area contributed by atoms with E-state index >= 15 is 0 Å². The van der Waals surface area contributed by atoms with Crippen molar-refractivity contribution >= 4 is 43.0 Å². The van der Waals surface area contributed by atoms with Gasteiger partial charge in [0.2, 0.25) is 3.53 Å². The molecule has 0 aromatic carbocycles. The smallest absolute Gasteiger partial charge is 0.235 e. The predicted octanol–water partition coefficient (Wildman–Crippen LogP) is 1.54. The SMILES string of the molecule is NP(N)C(Cl)(Cl)Cl. The molecular formula is CH4Cl3N2P. The molecule has 0 saturated carbocycles. The predicted molar refractivity (Wildman–Crippen MR) is 35.6 cm³/mol. The highest BCUT2D eigenvalue weighted by Crippen LogP contribution is 2.46. The molecule has 7 heavy (non-hydrogen) atoms. The van der Waals surface area contributed by atoms with Gasteiger partial charge in [0.25, 0.3) is 0 Å². The molecule has 0 atom stereocenters. The lowest BCUT2D eigenvalue weighted by Crippen LogP contribution is -2.12. The largest absolute Gasteiger partial charge is 0.294 e. The van der Waals surface area contributed by atoms with Crippen molar-refractivity contribution in [1.29, 1.82) is 0 Å². The normalized spacial score (nSPS) is 12.9. The molecule has 0 aliphatic heterocycles. The van der Waals surface area contributed by atoms with Crippen LogP contribution in [0, 0.1) is 0 Å². The van der Waals surface area contributed by atoms with Gasteiger partial charge in [0.1, 0.15) is 0 Å². The highest BCUT2D eigenvalue weighted by Gasteiger charge is 2.25. The van der Waals surface area contributed by atoms with Crippen molar-refractivity contribution in [2.24, 2.45) is 11.0 Å². The van der Waals surface area contributed by atoms with Gasteiger partial charge in [-0.3, -0.25) is 11.0 Å². The molecule has 0 heterocycles. The van der Waals surface area contributed by atoms with Gasteiger partial charge in [0.15, 0.2) is 0 Å². The minimum Gasteiger partial charge on any atom is -0.294 e. The minimum atomic E-state index is -1.46. The number of nitrogens with two attached hydrogens (primary N) is 2. The van der Waals surface area contributed by atoms with E-state index in [1.54, 1.807) is 0 Å². The van der Waals surface area contributed by atoms with Gasteiger partial charge in [-0.05, 0) is 0 Å². The number of halogens is 3. The molecule has 2 nitrogen and oxygen atoms in total. The van der Waals surface area contributed by atoms with Gasteiger partial charge in [0, 0.05) is 0 Å². The molecule has 0 aromatic rings. The summed E-state index contributed by atoms with van der Waals surface area (Å²) < 4.78 is -1.46. The quantitative estimate of drug-likeness (QED) is 0.440. The average molecular weight is 181 g/mol. The van der Waals surface area contributed by atoms with Crippen LogP contribution >= 0.6 is 43.0 Å². The van der Waals surface area contributed by atoms with Crippen molar-refractivity contribution < 1.29 is 0 Å². The summed E-state index contributed by atoms with van der Waals surface area (Å²) in [5.74, 6) is 0. The zero-order valence-electron chi connectivity index (χ0n) is 3.24. The first kappa shape index (κ1) is 8.22. The summed E-state index contributed by atoms with van der Waals surface area (Å²) in [6.07, 6.45) is 0. The highest BCUT2D eigenvalue weighted by atomic mass is 35.6. The van der Waals surface area contributed by atoms with Crippen LogP contribution in [0.1, 0.15) is 0 Å². The van der Waals surface area contributed by atoms with Gasteiger partial charge < -0.3 is 0 Å². The second kappa shape index (κ2) is 2.67. The summed E-state index contributed by atoms with van der Waals surface area (Å²) >= 11 is 15.5. The van der Waals surface area contributed by atoms with Crippen LogP contribution in [-0.4, -0.2) is 3.53 Å². The molecule has 4 N–H and O–H groups in total. The maximum atomic E-state index is 5.18. The molecule has 6 heteroatoms. The Morgan fingerprint density at radius 3 is 1.29 bits per heavy atom. The molecule has 0 spiro atoms. The van der Waals surface area contributed by atoms with Gasteiger partial charge >= 0.3 is 0 Å². The Morgan fingerprint density at radius 1 is 1.14 bits per heavy atom. The first-order valence-electron chi connectivity index (χ1n) is 1.31. The molecule has 0 amide bonds. The monoisotopic (exact) mass is 180 g/mol. The lowest BCUT2D eigenvalue weighted by Gasteiger charge is -2.12. The fourth-order valence-corrected chi connectivity index (χ4v) is 0. The highest BCUT2D eigenvalue weighted by molar-refractivity contribution is 7.61. The molecule has 0 saturated heterocycles. The maximum absolute atomic E-state index is 5.18. The van der Waals surface area contributed by atoms with E-state index in [1.807, 2.05) is 0 Å². The first-order chi connectivity index (χ1) is 2.94. The lowest BCUT2D eigenvalue weighted by molar-refractivity contribution is 1.60. The van der Waals surface area contributed by atoms with Gasteiger partial charge in [-0.15, -0.1) is 0 Å². The summed E-state index contributed by atoms with van der Waals surface area (Å²) in [4.78, 5) is 0. The fourth-order valence-electron chi connectivity index (χ4n) is 0. The van der Waals surface area contributed by atoms with Crippen molar-refractivity contribution in [3.63, 3.8) is 0 Å². The number of alkyl halides is 3. The van der Waals surface area contributed by atoms with E-state index in [1.165, 1.54) is 0 Å². The van der Waals surface area contributed by atoms with Crippen molar-refractivity contribution in [1.82, 2.24) is 0 Å². The third-order valence-corrected chi connectivity index (χ3v) is 2.63. The molecule has 0 unspecified atom stereocenters. The van der Waals surface area contributed by atoms with Crippen molar-refractivity contribution in [3.8, 4) is 0 Å². The molecule has 0 rings (SSSR count). The van der Waals surface area contributed by atoms with Crippen LogP contribution in [0.4, 0.5) is 0 Å². The molecule has 44 valence electrons. The zero-order valence-corrected chi connectivity index (χ0v) is 6.40. The second-order valence-corrected chi connectivity index (χ2v) is 5.43. The Morgan fingerprint density at radius 2 is 1.29 bits per heavy atom. The fraction of sp³-hybridized carbons (Fsp3) is 1.00. The molecule has 0 radical (unpaired) electrons. The van der Waals surface area contributed by atoms with E-state index in [4.69, 9.17) is 45.8 Å². The van der Waals surface area contributed by atoms with E-state index in [9.17, 15) is 0 Å². The maximum Gasteiger partial charge on any atom is 0.235 e. The van der Waals surface area contributed by atoms with E-state index < -0.39 is 11.8 Å². The number of rotatable bonds is 0. The summed E-state index contributed by atoms with van der Waals surface area (Å²) in [5.41, 5.74) is 10.0. The Balaban J connectivity index is 3.54. The van der Waals surface area contributed by atoms with Crippen LogP contribution in [0.2, 0.25) is 0 Å². The van der Waals surface area contributed by atoms with Gasteiger partial charge in [-0.2, -0.15) is 0 Å². The number of hydrogen-bond acceptors (Lipinski definition) is 2. The van der Waals surface area contributed by atoms with Crippen molar-refractivity contribution in [2.45, 2.75) is 3.53 Å². The zero-order chi connectivity index (χ0) is 6.08. The van der Waals surface area contributed by atoms with Crippen LogP contribution in [0.15, 0.2) is 0 Å². The Kier molecular flexibility index (Phi) is 3.14. The van der Waals surface area contributed by atoms with Crippen LogP contribution in [-0.2, 0) is 0 Å². The first-order valence-corrected chi connectivity index (χ1v) is 3.92. The van der Waals surface area contributed by atoms with Crippen LogP contribution < -0.4 is 11.0 Å². The Bertz CT molecular complexity index is 58.4. The number of hydrogen-bond donors (Lipinski definition) is 2.